The Morgan fingerprint density at radius 3 is 2.59 bits per heavy atom. The fourth-order valence-corrected chi connectivity index (χ4v) is 4.40. The van der Waals surface area contributed by atoms with Crippen LogP contribution < -0.4 is 20.6 Å². The smallest absolute Gasteiger partial charge is 0.337 e. The van der Waals surface area contributed by atoms with Crippen molar-refractivity contribution in [1.29, 1.82) is 0 Å². The molecule has 2 aliphatic rings. The molecule has 1 aliphatic heterocycles. The normalized spacial score (nSPS) is 23.0. The molecule has 4 N–H and O–H groups in total. The van der Waals surface area contributed by atoms with Crippen molar-refractivity contribution in [3.05, 3.63) is 77.5 Å². The van der Waals surface area contributed by atoms with Crippen LogP contribution in [0.1, 0.15) is 38.7 Å². The summed E-state index contributed by atoms with van der Waals surface area (Å²) in [4.78, 5) is 32.6. The van der Waals surface area contributed by atoms with Crippen molar-refractivity contribution in [2.24, 2.45) is 11.3 Å². The molecule has 2 unspecified atom stereocenters. The highest BCUT2D eigenvalue weighted by atomic mass is 16.2. The number of Topliss-reactive ketones (excluding diaryl/α,β-unsaturated/α-hetero) is 1. The van der Waals surface area contributed by atoms with Crippen LogP contribution in [0.4, 0.5) is 5.82 Å². The highest BCUT2D eigenvalue weighted by molar-refractivity contribution is 6.06. The van der Waals surface area contributed by atoms with Crippen molar-refractivity contribution >= 4 is 17.5 Å². The average Bonchev–Trinajstić information content (AvgIpc) is 2.67. The van der Waals surface area contributed by atoms with E-state index in [1.165, 1.54) is 0 Å². The van der Waals surface area contributed by atoms with Gasteiger partial charge in [-0.25, -0.2) is 20.1 Å². The van der Waals surface area contributed by atoms with E-state index < -0.39 is 5.92 Å². The number of hydrogen-bond donors (Lipinski definition) is 2. The van der Waals surface area contributed by atoms with Crippen LogP contribution in [0.25, 0.3) is 0 Å². The number of ketones is 1. The summed E-state index contributed by atoms with van der Waals surface area (Å²) in [6.07, 6.45) is 8.01. The predicted molar refractivity (Wildman–Crippen MR) is 108 cm³/mol. The van der Waals surface area contributed by atoms with E-state index >= 15 is 0 Å². The van der Waals surface area contributed by atoms with Crippen molar-refractivity contribution < 1.29 is 19.6 Å². The van der Waals surface area contributed by atoms with Crippen molar-refractivity contribution in [2.45, 2.75) is 33.1 Å². The lowest BCUT2D eigenvalue weighted by atomic mass is 9.66. The van der Waals surface area contributed by atoms with Crippen LogP contribution in [0.2, 0.25) is 0 Å². The summed E-state index contributed by atoms with van der Waals surface area (Å²) < 4.78 is 0. The van der Waals surface area contributed by atoms with Gasteiger partial charge in [0.25, 0.3) is 5.82 Å². The van der Waals surface area contributed by atoms with E-state index in [0.717, 1.165) is 17.0 Å². The number of H-pyrrole nitrogens is 2. The monoisotopic (exact) mass is 390 g/mol. The molecule has 3 heterocycles. The molecule has 148 valence electrons. The number of allylic oxidation sites excluding steroid dienone is 3. The van der Waals surface area contributed by atoms with Gasteiger partial charge in [0.05, 0.1) is 17.7 Å². The first-order chi connectivity index (χ1) is 13.9. The summed E-state index contributed by atoms with van der Waals surface area (Å²) >= 11 is 0. The molecule has 0 fully saturated rings. The van der Waals surface area contributed by atoms with Crippen LogP contribution in [0.3, 0.4) is 0 Å². The Bertz CT molecular complexity index is 1010. The SMILES string of the molecule is CC1=C(C(=O)Nc2cccc[nH+]2)C(c2cc[nH+]cc2)C2C(=O)CC(C)(C)C=C2N1. The molecule has 2 aromatic heterocycles. The first-order valence-corrected chi connectivity index (χ1v) is 9.83. The minimum atomic E-state index is -0.394. The molecule has 0 spiro atoms. The Kier molecular flexibility index (Phi) is 4.78. The quantitative estimate of drug-likeness (QED) is 0.844. The van der Waals surface area contributed by atoms with Crippen LogP contribution in [0.15, 0.2) is 72.0 Å². The summed E-state index contributed by atoms with van der Waals surface area (Å²) in [6, 6.07) is 9.39. The van der Waals surface area contributed by atoms with Gasteiger partial charge < -0.3 is 5.32 Å². The van der Waals surface area contributed by atoms with Gasteiger partial charge in [0, 0.05) is 41.9 Å². The number of aromatic amines is 2. The molecule has 4 rings (SSSR count). The molecule has 6 heteroatoms. The van der Waals surface area contributed by atoms with Crippen LogP contribution >= 0.6 is 0 Å². The Morgan fingerprint density at radius 1 is 1.14 bits per heavy atom. The maximum atomic E-state index is 13.3. The highest BCUT2D eigenvalue weighted by Crippen LogP contribution is 2.46. The van der Waals surface area contributed by atoms with Crippen molar-refractivity contribution in [1.82, 2.24) is 5.32 Å². The van der Waals surface area contributed by atoms with E-state index in [4.69, 9.17) is 0 Å². The van der Waals surface area contributed by atoms with Crippen LogP contribution in [0.5, 0.6) is 0 Å². The lowest BCUT2D eigenvalue weighted by Gasteiger charge is -2.41. The molecule has 0 radical (unpaired) electrons. The summed E-state index contributed by atoms with van der Waals surface area (Å²) in [6.45, 7) is 6.03. The number of carbonyl (C=O) groups excluding carboxylic acids is 2. The zero-order chi connectivity index (χ0) is 20.6. The van der Waals surface area contributed by atoms with Gasteiger partial charge in [-0.3, -0.25) is 4.79 Å². The maximum absolute atomic E-state index is 13.3. The number of carbonyl (C=O) groups is 2. The number of nitrogens with one attached hydrogen (secondary N) is 4. The summed E-state index contributed by atoms with van der Waals surface area (Å²) in [5.41, 5.74) is 2.98. The number of anilines is 1. The summed E-state index contributed by atoms with van der Waals surface area (Å²) in [5.74, 6) is -0.191. The van der Waals surface area contributed by atoms with Crippen molar-refractivity contribution in [3.8, 4) is 0 Å². The first kappa shape index (κ1) is 19.1. The second-order valence-electron chi connectivity index (χ2n) is 8.41. The van der Waals surface area contributed by atoms with Crippen LogP contribution in [-0.4, -0.2) is 11.7 Å². The zero-order valence-corrected chi connectivity index (χ0v) is 16.9. The lowest BCUT2D eigenvalue weighted by molar-refractivity contribution is -0.378. The third-order valence-electron chi connectivity index (χ3n) is 5.54. The van der Waals surface area contributed by atoms with Crippen LogP contribution in [0, 0.1) is 11.3 Å². The maximum Gasteiger partial charge on any atom is 0.337 e. The van der Waals surface area contributed by atoms with Gasteiger partial charge in [0.15, 0.2) is 12.4 Å². The zero-order valence-electron chi connectivity index (χ0n) is 16.9. The third kappa shape index (κ3) is 3.70. The Labute approximate surface area is 170 Å². The fraction of sp³-hybridized carbons (Fsp3) is 0.304. The Balaban J connectivity index is 1.81. The molecule has 6 nitrogen and oxygen atoms in total. The highest BCUT2D eigenvalue weighted by Gasteiger charge is 2.46. The predicted octanol–water partition coefficient (Wildman–Crippen LogP) is 2.41. The van der Waals surface area contributed by atoms with Crippen molar-refractivity contribution in [3.63, 3.8) is 0 Å². The largest absolute Gasteiger partial charge is 0.362 e. The summed E-state index contributed by atoms with van der Waals surface area (Å²) in [7, 11) is 0. The number of fused-ring (bicyclic) bond motifs is 1. The number of aromatic nitrogens is 2. The van der Waals surface area contributed by atoms with E-state index in [1.54, 1.807) is 12.3 Å². The molecule has 0 bridgehead atoms. The minimum absolute atomic E-state index is 0.155. The van der Waals surface area contributed by atoms with E-state index in [0.29, 0.717) is 17.8 Å². The second-order valence-corrected chi connectivity index (χ2v) is 8.41. The molecule has 0 saturated heterocycles. The third-order valence-corrected chi connectivity index (χ3v) is 5.54. The molecule has 1 aliphatic carbocycles. The number of amides is 1. The van der Waals surface area contributed by atoms with E-state index in [-0.39, 0.29) is 23.0 Å². The van der Waals surface area contributed by atoms with E-state index in [1.807, 2.05) is 43.6 Å². The molecule has 29 heavy (non-hydrogen) atoms. The molecule has 0 saturated carbocycles. The van der Waals surface area contributed by atoms with Crippen molar-refractivity contribution in [2.75, 3.05) is 5.32 Å². The molecule has 2 atom stereocenters. The van der Waals surface area contributed by atoms with Gasteiger partial charge in [0.1, 0.15) is 5.78 Å². The van der Waals surface area contributed by atoms with E-state index in [2.05, 4.69) is 40.5 Å². The van der Waals surface area contributed by atoms with Gasteiger partial charge >= 0.3 is 5.91 Å². The Morgan fingerprint density at radius 2 is 1.90 bits per heavy atom. The standard InChI is InChI=1S/C23H24N4O2/c1-14-19(22(29)27-18-6-4-5-9-25-18)20(15-7-10-24-11-8-15)21-16(26-14)12-23(2,3)13-17(21)28/h4-12,20-21,26H,13H2,1-3H3,(H,25,27,29)/p+2. The van der Waals surface area contributed by atoms with Crippen LogP contribution in [-0.2, 0) is 9.59 Å². The topological polar surface area (TPSA) is 86.5 Å². The summed E-state index contributed by atoms with van der Waals surface area (Å²) in [5, 5.41) is 6.30. The molecule has 0 aromatic carbocycles. The molecular formula is C23H26N4O2+2. The van der Waals surface area contributed by atoms with Gasteiger partial charge in [-0.1, -0.05) is 26.0 Å². The van der Waals surface area contributed by atoms with E-state index in [9.17, 15) is 9.59 Å². The molecule has 1 amide bonds. The number of pyridine rings is 2. The Hall–Kier alpha value is -3.28. The second kappa shape index (κ2) is 7.28. The van der Waals surface area contributed by atoms with Gasteiger partial charge in [0.2, 0.25) is 0 Å². The first-order valence-electron chi connectivity index (χ1n) is 9.83. The average molecular weight is 390 g/mol. The van der Waals surface area contributed by atoms with Gasteiger partial charge in [-0.2, -0.15) is 0 Å². The molecule has 2 aromatic rings. The fourth-order valence-electron chi connectivity index (χ4n) is 4.40. The van der Waals surface area contributed by atoms with Gasteiger partial charge in [-0.15, -0.1) is 0 Å². The lowest BCUT2D eigenvalue weighted by Crippen LogP contribution is -2.44. The van der Waals surface area contributed by atoms with Gasteiger partial charge in [-0.05, 0) is 24.0 Å². The number of hydrogen-bond acceptors (Lipinski definition) is 3. The number of rotatable bonds is 3. The molecular weight excluding hydrogens is 364 g/mol. The minimum Gasteiger partial charge on any atom is -0.362 e.